The van der Waals surface area contributed by atoms with Gasteiger partial charge in [-0.05, 0) is 18.1 Å². The van der Waals surface area contributed by atoms with Crippen molar-refractivity contribution in [1.82, 2.24) is 10.2 Å². The molecule has 1 aliphatic heterocycles. The molecule has 1 aromatic carbocycles. The van der Waals surface area contributed by atoms with Gasteiger partial charge in [-0.3, -0.25) is 9.29 Å². The Morgan fingerprint density at radius 2 is 2.00 bits per heavy atom. The van der Waals surface area contributed by atoms with Crippen molar-refractivity contribution in [2.75, 3.05) is 32.9 Å². The van der Waals surface area contributed by atoms with E-state index < -0.39 is 12.5 Å². The largest absolute Gasteiger partial charge is 0.314 e. The predicted molar refractivity (Wildman–Crippen MR) is 76.4 cm³/mol. The van der Waals surface area contributed by atoms with Crippen LogP contribution in [0.5, 0.6) is 0 Å². The SMILES string of the molecule is Cl.FCC[C@H](c1cccc(F)c1Cl)N1CCNCC1. The average molecular weight is 311 g/mol. The maximum Gasteiger partial charge on any atom is 0.142 e. The first kappa shape index (κ1) is 16.6. The van der Waals surface area contributed by atoms with Gasteiger partial charge in [0.25, 0.3) is 0 Å². The molecule has 0 spiro atoms. The minimum absolute atomic E-state index is 0. The molecule has 1 fully saturated rings. The van der Waals surface area contributed by atoms with E-state index in [1.165, 1.54) is 6.07 Å². The van der Waals surface area contributed by atoms with Gasteiger partial charge in [0.15, 0.2) is 0 Å². The number of alkyl halides is 1. The number of rotatable bonds is 4. The van der Waals surface area contributed by atoms with E-state index in [0.29, 0.717) is 12.0 Å². The van der Waals surface area contributed by atoms with Crippen LogP contribution in [0.25, 0.3) is 0 Å². The van der Waals surface area contributed by atoms with Crippen molar-refractivity contribution in [1.29, 1.82) is 0 Å². The molecule has 1 aromatic rings. The second-order valence-electron chi connectivity index (χ2n) is 4.42. The molecule has 19 heavy (non-hydrogen) atoms. The number of halogens is 4. The Balaban J connectivity index is 0.00000180. The summed E-state index contributed by atoms with van der Waals surface area (Å²) in [5.41, 5.74) is 0.691. The number of benzene rings is 1. The fourth-order valence-electron chi connectivity index (χ4n) is 2.41. The predicted octanol–water partition coefficient (Wildman–Crippen LogP) is 3.21. The van der Waals surface area contributed by atoms with Crippen LogP contribution in [0.2, 0.25) is 5.02 Å². The summed E-state index contributed by atoms with van der Waals surface area (Å²) >= 11 is 6.00. The lowest BCUT2D eigenvalue weighted by atomic mass is 10.0. The van der Waals surface area contributed by atoms with Crippen LogP contribution in [0, 0.1) is 5.82 Å². The second-order valence-corrected chi connectivity index (χ2v) is 4.80. The van der Waals surface area contributed by atoms with E-state index in [-0.39, 0.29) is 23.5 Å². The summed E-state index contributed by atoms with van der Waals surface area (Å²) in [6.07, 6.45) is 0.350. The molecule has 2 nitrogen and oxygen atoms in total. The summed E-state index contributed by atoms with van der Waals surface area (Å²) in [6.45, 7) is 2.97. The van der Waals surface area contributed by atoms with E-state index in [4.69, 9.17) is 11.6 Å². The van der Waals surface area contributed by atoms with E-state index in [1.54, 1.807) is 12.1 Å². The van der Waals surface area contributed by atoms with Gasteiger partial charge in [0.05, 0.1) is 11.7 Å². The number of hydrogen-bond acceptors (Lipinski definition) is 2. The lowest BCUT2D eigenvalue weighted by molar-refractivity contribution is 0.157. The van der Waals surface area contributed by atoms with Crippen molar-refractivity contribution in [2.24, 2.45) is 0 Å². The van der Waals surface area contributed by atoms with Gasteiger partial charge in [0, 0.05) is 32.2 Å². The van der Waals surface area contributed by atoms with Crippen LogP contribution in [0.15, 0.2) is 18.2 Å². The highest BCUT2D eigenvalue weighted by molar-refractivity contribution is 6.31. The maximum atomic E-state index is 13.5. The van der Waals surface area contributed by atoms with Gasteiger partial charge in [-0.1, -0.05) is 23.7 Å². The van der Waals surface area contributed by atoms with Crippen molar-refractivity contribution in [2.45, 2.75) is 12.5 Å². The number of nitrogens with one attached hydrogen (secondary N) is 1. The van der Waals surface area contributed by atoms with Gasteiger partial charge >= 0.3 is 0 Å². The van der Waals surface area contributed by atoms with Crippen LogP contribution in [-0.2, 0) is 0 Å². The Hall–Kier alpha value is -0.420. The van der Waals surface area contributed by atoms with E-state index in [0.717, 1.165) is 26.2 Å². The molecular weight excluding hydrogens is 293 g/mol. The smallest absolute Gasteiger partial charge is 0.142 e. The highest BCUT2D eigenvalue weighted by Crippen LogP contribution is 2.32. The highest BCUT2D eigenvalue weighted by Gasteiger charge is 2.24. The van der Waals surface area contributed by atoms with Crippen molar-refractivity contribution >= 4 is 24.0 Å². The normalized spacial score (nSPS) is 17.8. The zero-order valence-electron chi connectivity index (χ0n) is 10.5. The molecule has 0 saturated carbocycles. The standard InChI is InChI=1S/C13H17ClF2N2.ClH/c14-13-10(2-1-3-11(13)16)12(4-5-15)18-8-6-17-7-9-18;/h1-3,12,17H,4-9H2;1H/t12-;/m1./s1. The van der Waals surface area contributed by atoms with E-state index in [1.807, 2.05) is 0 Å². The minimum Gasteiger partial charge on any atom is -0.314 e. The van der Waals surface area contributed by atoms with Gasteiger partial charge in [-0.25, -0.2) is 4.39 Å². The van der Waals surface area contributed by atoms with E-state index in [9.17, 15) is 8.78 Å². The Labute approximate surface area is 123 Å². The van der Waals surface area contributed by atoms with Gasteiger partial charge < -0.3 is 5.32 Å². The third-order valence-corrected chi connectivity index (χ3v) is 3.71. The molecule has 0 aromatic heterocycles. The first-order valence-electron chi connectivity index (χ1n) is 6.18. The third kappa shape index (κ3) is 4.02. The summed E-state index contributed by atoms with van der Waals surface area (Å²) in [5, 5.41) is 3.37. The van der Waals surface area contributed by atoms with Crippen LogP contribution in [0.4, 0.5) is 8.78 Å². The van der Waals surface area contributed by atoms with Crippen molar-refractivity contribution in [3.8, 4) is 0 Å². The van der Waals surface area contributed by atoms with Crippen LogP contribution < -0.4 is 5.32 Å². The summed E-state index contributed by atoms with van der Waals surface area (Å²) in [6, 6.07) is 4.61. The quantitative estimate of drug-likeness (QED) is 0.918. The molecule has 1 saturated heterocycles. The fourth-order valence-corrected chi connectivity index (χ4v) is 2.66. The van der Waals surface area contributed by atoms with Crippen molar-refractivity contribution < 1.29 is 8.78 Å². The van der Waals surface area contributed by atoms with Crippen molar-refractivity contribution in [3.63, 3.8) is 0 Å². The van der Waals surface area contributed by atoms with Crippen LogP contribution >= 0.6 is 24.0 Å². The molecule has 2 rings (SSSR count). The number of nitrogens with zero attached hydrogens (tertiary/aromatic N) is 1. The summed E-state index contributed by atoms with van der Waals surface area (Å²) in [4.78, 5) is 2.16. The van der Waals surface area contributed by atoms with E-state index in [2.05, 4.69) is 10.2 Å². The molecule has 0 bridgehead atoms. The fraction of sp³-hybridized carbons (Fsp3) is 0.538. The summed E-state index contributed by atoms with van der Waals surface area (Å²) in [7, 11) is 0. The molecule has 1 aliphatic rings. The molecule has 0 amide bonds. The maximum absolute atomic E-state index is 13.5. The topological polar surface area (TPSA) is 15.3 Å². The summed E-state index contributed by atoms with van der Waals surface area (Å²) in [5.74, 6) is -0.437. The molecule has 1 N–H and O–H groups in total. The van der Waals surface area contributed by atoms with Crippen LogP contribution in [0.1, 0.15) is 18.0 Å². The first-order valence-corrected chi connectivity index (χ1v) is 6.56. The zero-order chi connectivity index (χ0) is 13.0. The van der Waals surface area contributed by atoms with Crippen LogP contribution in [0.3, 0.4) is 0 Å². The second kappa shape index (κ2) is 8.00. The minimum atomic E-state index is -0.437. The molecular formula is C13H18Cl2F2N2. The number of hydrogen-bond donors (Lipinski definition) is 1. The van der Waals surface area contributed by atoms with Gasteiger partial charge in [-0.2, -0.15) is 0 Å². The number of piperazine rings is 1. The Bertz CT molecular complexity index is 398. The molecule has 108 valence electrons. The van der Waals surface area contributed by atoms with E-state index >= 15 is 0 Å². The summed E-state index contributed by atoms with van der Waals surface area (Å²) < 4.78 is 26.2. The third-order valence-electron chi connectivity index (χ3n) is 3.32. The van der Waals surface area contributed by atoms with Gasteiger partial charge in [0.1, 0.15) is 5.82 Å². The Kier molecular flexibility index (Phi) is 7.00. The molecule has 0 aliphatic carbocycles. The zero-order valence-corrected chi connectivity index (χ0v) is 12.1. The molecule has 0 unspecified atom stereocenters. The molecule has 1 atom stereocenters. The lowest BCUT2D eigenvalue weighted by Gasteiger charge is -2.35. The monoisotopic (exact) mass is 310 g/mol. The van der Waals surface area contributed by atoms with Gasteiger partial charge in [-0.15, -0.1) is 12.4 Å². The Morgan fingerprint density at radius 3 is 2.63 bits per heavy atom. The Morgan fingerprint density at radius 1 is 1.32 bits per heavy atom. The molecule has 0 radical (unpaired) electrons. The van der Waals surface area contributed by atoms with Crippen molar-refractivity contribution in [3.05, 3.63) is 34.6 Å². The first-order chi connectivity index (χ1) is 8.74. The average Bonchev–Trinajstić information content (AvgIpc) is 2.41. The molecule has 6 heteroatoms. The van der Waals surface area contributed by atoms with Gasteiger partial charge in [0.2, 0.25) is 0 Å². The lowest BCUT2D eigenvalue weighted by Crippen LogP contribution is -2.45. The van der Waals surface area contributed by atoms with Crippen LogP contribution in [-0.4, -0.2) is 37.8 Å². The highest BCUT2D eigenvalue weighted by atomic mass is 35.5. The molecule has 1 heterocycles.